The van der Waals surface area contributed by atoms with Gasteiger partial charge in [-0.05, 0) is 24.3 Å². The van der Waals surface area contributed by atoms with Gasteiger partial charge in [-0.3, -0.25) is 0 Å². The summed E-state index contributed by atoms with van der Waals surface area (Å²) < 4.78 is 7.24. The van der Waals surface area contributed by atoms with Gasteiger partial charge in [-0.2, -0.15) is 0 Å². The lowest BCUT2D eigenvalue weighted by atomic mass is 10.2. The van der Waals surface area contributed by atoms with Crippen molar-refractivity contribution in [1.82, 2.24) is 25.2 Å². The van der Waals surface area contributed by atoms with Gasteiger partial charge in [0.25, 0.3) is 0 Å². The molecule has 2 heterocycles. The second-order valence-corrected chi connectivity index (χ2v) is 5.17. The Balaban J connectivity index is 1.73. The van der Waals surface area contributed by atoms with Crippen LogP contribution in [0.15, 0.2) is 34.9 Å². The van der Waals surface area contributed by atoms with Gasteiger partial charge in [0.05, 0.1) is 5.69 Å². The molecular weight excluding hydrogens is 313 g/mol. The molecule has 0 aliphatic heterocycles. The molecule has 0 bridgehead atoms. The summed E-state index contributed by atoms with van der Waals surface area (Å²) in [5, 5.41) is 16.7. The Morgan fingerprint density at radius 2 is 1.90 bits per heavy atom. The number of aryl methyl sites for hydroxylation is 1. The van der Waals surface area contributed by atoms with Crippen LogP contribution in [0.1, 0.15) is 11.6 Å². The maximum atomic E-state index is 5.85. The number of benzene rings is 1. The predicted molar refractivity (Wildman–Crippen MR) is 78.3 cm³/mol. The quantitative estimate of drug-likeness (QED) is 0.675. The molecule has 0 saturated heterocycles. The fourth-order valence-electron chi connectivity index (χ4n) is 1.79. The lowest BCUT2D eigenvalue weighted by molar-refractivity contribution is 0.469. The first-order chi connectivity index (χ1) is 10.2. The first-order valence-electron chi connectivity index (χ1n) is 6.28. The summed E-state index contributed by atoms with van der Waals surface area (Å²) in [5.74, 6) is 1.42. The molecule has 0 saturated carbocycles. The van der Waals surface area contributed by atoms with E-state index >= 15 is 0 Å². The van der Waals surface area contributed by atoms with Gasteiger partial charge in [-0.25, -0.2) is 4.68 Å². The summed E-state index contributed by atoms with van der Waals surface area (Å²) in [7, 11) is 0. The molecule has 2 aromatic heterocycles. The molecule has 0 atom stereocenters. The Kier molecular flexibility index (Phi) is 4.17. The molecule has 21 heavy (non-hydrogen) atoms. The number of hydrogen-bond acceptors (Lipinski definition) is 5. The number of hydrogen-bond donors (Lipinski definition) is 0. The van der Waals surface area contributed by atoms with Crippen LogP contribution in [0.3, 0.4) is 0 Å². The molecule has 0 aliphatic rings. The van der Waals surface area contributed by atoms with Gasteiger partial charge in [-0.15, -0.1) is 26.9 Å². The fourth-order valence-corrected chi connectivity index (χ4v) is 2.11. The second kappa shape index (κ2) is 6.24. The van der Waals surface area contributed by atoms with E-state index in [4.69, 9.17) is 27.6 Å². The molecule has 8 heteroatoms. The van der Waals surface area contributed by atoms with Gasteiger partial charge >= 0.3 is 0 Å². The van der Waals surface area contributed by atoms with Crippen LogP contribution in [0.4, 0.5) is 0 Å². The van der Waals surface area contributed by atoms with Gasteiger partial charge in [0, 0.05) is 29.1 Å². The zero-order valence-electron chi connectivity index (χ0n) is 10.9. The summed E-state index contributed by atoms with van der Waals surface area (Å²) in [5.41, 5.74) is 1.65. The lowest BCUT2D eigenvalue weighted by Gasteiger charge is -1.95. The highest BCUT2D eigenvalue weighted by molar-refractivity contribution is 6.30. The Morgan fingerprint density at radius 3 is 2.67 bits per heavy atom. The third kappa shape index (κ3) is 3.40. The van der Waals surface area contributed by atoms with E-state index in [1.165, 1.54) is 0 Å². The first-order valence-corrected chi connectivity index (χ1v) is 7.19. The minimum atomic E-state index is 0.371. The van der Waals surface area contributed by atoms with Crippen molar-refractivity contribution in [3.63, 3.8) is 0 Å². The van der Waals surface area contributed by atoms with E-state index < -0.39 is 0 Å². The van der Waals surface area contributed by atoms with Gasteiger partial charge in [0.2, 0.25) is 11.8 Å². The van der Waals surface area contributed by atoms with E-state index in [0.717, 1.165) is 11.3 Å². The summed E-state index contributed by atoms with van der Waals surface area (Å²) >= 11 is 11.5. The molecule has 0 N–H and O–H groups in total. The molecular formula is C13H11Cl2N5O. The van der Waals surface area contributed by atoms with Crippen molar-refractivity contribution in [3.05, 3.63) is 47.1 Å². The molecule has 3 aromatic rings. The highest BCUT2D eigenvalue weighted by Gasteiger charge is 2.10. The van der Waals surface area contributed by atoms with Gasteiger partial charge in [-0.1, -0.05) is 16.8 Å². The van der Waals surface area contributed by atoms with E-state index in [1.54, 1.807) is 16.8 Å². The van der Waals surface area contributed by atoms with Crippen molar-refractivity contribution >= 4 is 23.2 Å². The predicted octanol–water partition coefficient (Wildman–Crippen LogP) is 2.81. The third-order valence-corrected chi connectivity index (χ3v) is 3.23. The Hall–Kier alpha value is -1.92. The highest BCUT2D eigenvalue weighted by Crippen LogP contribution is 2.20. The van der Waals surface area contributed by atoms with Crippen LogP contribution in [0, 0.1) is 0 Å². The second-order valence-electron chi connectivity index (χ2n) is 4.35. The van der Waals surface area contributed by atoms with E-state index in [-0.39, 0.29) is 0 Å². The summed E-state index contributed by atoms with van der Waals surface area (Å²) in [6, 6.07) is 7.20. The summed E-state index contributed by atoms with van der Waals surface area (Å²) in [4.78, 5) is 0. The SMILES string of the molecule is ClCCc1cn(Cc2nnc(-c3ccc(Cl)cc3)o2)nn1. The highest BCUT2D eigenvalue weighted by atomic mass is 35.5. The Bertz CT molecular complexity index is 722. The zero-order valence-corrected chi connectivity index (χ0v) is 12.4. The summed E-state index contributed by atoms with van der Waals surface area (Å²) in [6.45, 7) is 0.371. The Labute approximate surface area is 130 Å². The van der Waals surface area contributed by atoms with Crippen molar-refractivity contribution in [2.45, 2.75) is 13.0 Å². The number of halogens is 2. The Morgan fingerprint density at radius 1 is 1.10 bits per heavy atom. The van der Waals surface area contributed by atoms with Crippen LogP contribution in [0.5, 0.6) is 0 Å². The van der Waals surface area contributed by atoms with Crippen LogP contribution in [-0.2, 0) is 13.0 Å². The molecule has 0 amide bonds. The van der Waals surface area contributed by atoms with Crippen LogP contribution in [-0.4, -0.2) is 31.1 Å². The normalized spacial score (nSPS) is 11.0. The molecule has 6 nitrogen and oxygen atoms in total. The maximum absolute atomic E-state index is 5.85. The van der Waals surface area contributed by atoms with E-state index in [2.05, 4.69) is 20.5 Å². The first kappa shape index (κ1) is 14.0. The number of nitrogens with zero attached hydrogens (tertiary/aromatic N) is 5. The number of aromatic nitrogens is 5. The molecule has 108 valence electrons. The lowest BCUT2D eigenvalue weighted by Crippen LogP contribution is -2.00. The topological polar surface area (TPSA) is 69.6 Å². The van der Waals surface area contributed by atoms with Crippen molar-refractivity contribution in [2.75, 3.05) is 5.88 Å². The molecule has 0 spiro atoms. The van der Waals surface area contributed by atoms with Gasteiger partial charge in [0.15, 0.2) is 0 Å². The van der Waals surface area contributed by atoms with Crippen molar-refractivity contribution in [1.29, 1.82) is 0 Å². The van der Waals surface area contributed by atoms with E-state index in [9.17, 15) is 0 Å². The van der Waals surface area contributed by atoms with Crippen molar-refractivity contribution in [3.8, 4) is 11.5 Å². The van der Waals surface area contributed by atoms with Gasteiger partial charge < -0.3 is 4.42 Å². The van der Waals surface area contributed by atoms with Crippen LogP contribution in [0.25, 0.3) is 11.5 Å². The van der Waals surface area contributed by atoms with Crippen LogP contribution >= 0.6 is 23.2 Å². The average Bonchev–Trinajstić information content (AvgIpc) is 3.11. The van der Waals surface area contributed by atoms with Crippen molar-refractivity contribution < 1.29 is 4.42 Å². The van der Waals surface area contributed by atoms with Crippen LogP contribution < -0.4 is 0 Å². The molecule has 0 aliphatic carbocycles. The molecule has 0 unspecified atom stereocenters. The molecule has 3 rings (SSSR count). The molecule has 0 fully saturated rings. The average molecular weight is 324 g/mol. The maximum Gasteiger partial charge on any atom is 0.247 e. The molecule has 0 radical (unpaired) electrons. The van der Waals surface area contributed by atoms with Crippen LogP contribution in [0.2, 0.25) is 5.02 Å². The largest absolute Gasteiger partial charge is 0.419 e. The van der Waals surface area contributed by atoms with E-state index in [1.807, 2.05) is 18.3 Å². The zero-order chi connectivity index (χ0) is 14.7. The summed E-state index contributed by atoms with van der Waals surface area (Å²) in [6.07, 6.45) is 2.50. The fraction of sp³-hybridized carbons (Fsp3) is 0.231. The standard InChI is InChI=1S/C13H11Cl2N5O/c14-6-5-11-7-20(19-16-11)8-12-17-18-13(21-12)9-1-3-10(15)4-2-9/h1-4,7H,5-6,8H2. The monoisotopic (exact) mass is 323 g/mol. The van der Waals surface area contributed by atoms with E-state index in [0.29, 0.717) is 35.6 Å². The number of alkyl halides is 1. The number of rotatable bonds is 5. The smallest absolute Gasteiger partial charge is 0.247 e. The molecule has 1 aromatic carbocycles. The minimum absolute atomic E-state index is 0.371. The van der Waals surface area contributed by atoms with Crippen molar-refractivity contribution in [2.24, 2.45) is 0 Å². The minimum Gasteiger partial charge on any atom is -0.419 e. The van der Waals surface area contributed by atoms with Gasteiger partial charge in [0.1, 0.15) is 6.54 Å². The third-order valence-electron chi connectivity index (χ3n) is 2.79.